The summed E-state index contributed by atoms with van der Waals surface area (Å²) in [6.45, 7) is 7.98. The van der Waals surface area contributed by atoms with Crippen LogP contribution >= 0.6 is 0 Å². The van der Waals surface area contributed by atoms with Crippen LogP contribution in [0.25, 0.3) is 0 Å². The van der Waals surface area contributed by atoms with Gasteiger partial charge in [-0.15, -0.1) is 5.10 Å². The number of nitrogens with zero attached hydrogens (tertiary/aromatic N) is 2. The molecule has 1 unspecified atom stereocenters. The minimum absolute atomic E-state index is 0.0790. The molecule has 5 nitrogen and oxygen atoms in total. The summed E-state index contributed by atoms with van der Waals surface area (Å²) < 4.78 is 0. The zero-order valence-corrected chi connectivity index (χ0v) is 12.3. The van der Waals surface area contributed by atoms with Crippen LogP contribution in [0.15, 0.2) is 24.3 Å². The normalized spacial score (nSPS) is 12.4. The fraction of sp³-hybridized carbons (Fsp3) is 0.400. The van der Waals surface area contributed by atoms with E-state index in [-0.39, 0.29) is 23.7 Å². The highest BCUT2D eigenvalue weighted by Gasteiger charge is 2.17. The highest BCUT2D eigenvalue weighted by molar-refractivity contribution is 5.90. The molecule has 1 aromatic heterocycles. The maximum atomic E-state index is 12.1. The van der Waals surface area contributed by atoms with Crippen molar-refractivity contribution in [3.8, 4) is 0 Å². The van der Waals surface area contributed by atoms with Crippen molar-refractivity contribution in [1.29, 1.82) is 0 Å². The van der Waals surface area contributed by atoms with Crippen molar-refractivity contribution in [2.75, 3.05) is 0 Å². The van der Waals surface area contributed by atoms with E-state index < -0.39 is 0 Å². The third-order valence-corrected chi connectivity index (χ3v) is 3.26. The molecule has 1 heterocycles. The van der Waals surface area contributed by atoms with Crippen LogP contribution in [-0.2, 0) is 0 Å². The maximum absolute atomic E-state index is 12.1. The van der Waals surface area contributed by atoms with Crippen molar-refractivity contribution in [3.63, 3.8) is 0 Å². The molecule has 0 bridgehead atoms. The zero-order valence-electron chi connectivity index (χ0n) is 12.3. The number of rotatable bonds is 4. The van der Waals surface area contributed by atoms with Gasteiger partial charge >= 0.3 is 0 Å². The van der Waals surface area contributed by atoms with Crippen LogP contribution in [0, 0.1) is 6.92 Å². The molecule has 0 saturated heterocycles. The molecule has 1 atom stereocenters. The lowest BCUT2D eigenvalue weighted by Gasteiger charge is -2.15. The van der Waals surface area contributed by atoms with E-state index in [1.807, 2.05) is 52.0 Å². The largest absolute Gasteiger partial charge is 0.343 e. The quantitative estimate of drug-likeness (QED) is 0.899. The molecular weight excluding hydrogens is 252 g/mol. The Balaban J connectivity index is 2.09. The number of aromatic amines is 1. The lowest BCUT2D eigenvalue weighted by Crippen LogP contribution is -2.28. The van der Waals surface area contributed by atoms with Gasteiger partial charge in [0.2, 0.25) is 5.82 Å². The number of amides is 1. The summed E-state index contributed by atoms with van der Waals surface area (Å²) in [6.07, 6.45) is 0. The van der Waals surface area contributed by atoms with E-state index in [0.29, 0.717) is 0 Å². The van der Waals surface area contributed by atoms with Crippen molar-refractivity contribution < 1.29 is 4.79 Å². The fourth-order valence-electron chi connectivity index (χ4n) is 2.05. The van der Waals surface area contributed by atoms with Crippen LogP contribution in [0.5, 0.6) is 0 Å². The first-order valence-electron chi connectivity index (χ1n) is 6.77. The monoisotopic (exact) mass is 272 g/mol. The Labute approximate surface area is 118 Å². The van der Waals surface area contributed by atoms with Crippen LogP contribution in [0.3, 0.4) is 0 Å². The minimum atomic E-state index is -0.260. The Hall–Kier alpha value is -2.17. The second-order valence-electron chi connectivity index (χ2n) is 5.25. The van der Waals surface area contributed by atoms with Gasteiger partial charge in [0.05, 0.1) is 6.04 Å². The summed E-state index contributed by atoms with van der Waals surface area (Å²) in [5.41, 5.74) is 2.25. The lowest BCUT2D eigenvalue weighted by atomic mass is 10.0. The second-order valence-corrected chi connectivity index (χ2v) is 5.25. The topological polar surface area (TPSA) is 70.7 Å². The minimum Gasteiger partial charge on any atom is -0.343 e. The Bertz CT molecular complexity index is 603. The van der Waals surface area contributed by atoms with E-state index in [9.17, 15) is 4.79 Å². The molecule has 0 saturated carbocycles. The first-order valence-corrected chi connectivity index (χ1v) is 6.77. The number of aromatic nitrogens is 3. The number of H-pyrrole nitrogens is 1. The molecule has 106 valence electrons. The molecule has 20 heavy (non-hydrogen) atoms. The predicted molar refractivity (Wildman–Crippen MR) is 77.5 cm³/mol. The van der Waals surface area contributed by atoms with Crippen LogP contribution in [0.2, 0.25) is 0 Å². The van der Waals surface area contributed by atoms with Crippen molar-refractivity contribution in [3.05, 3.63) is 47.0 Å². The molecule has 1 amide bonds. The summed E-state index contributed by atoms with van der Waals surface area (Å²) in [6, 6.07) is 7.91. The molecule has 2 rings (SSSR count). The van der Waals surface area contributed by atoms with E-state index >= 15 is 0 Å². The predicted octanol–water partition coefficient (Wildman–Crippen LogP) is 2.73. The number of benzene rings is 1. The zero-order chi connectivity index (χ0) is 14.7. The molecule has 5 heteroatoms. The second kappa shape index (κ2) is 5.86. The SMILES string of the molecule is Cc1ccccc1C(C)NC(=O)c1n[nH]c(C(C)C)n1. The van der Waals surface area contributed by atoms with Crippen molar-refractivity contribution in [2.24, 2.45) is 0 Å². The fourth-order valence-corrected chi connectivity index (χ4v) is 2.05. The van der Waals surface area contributed by atoms with Crippen LogP contribution in [0.4, 0.5) is 0 Å². The highest BCUT2D eigenvalue weighted by atomic mass is 16.2. The smallest absolute Gasteiger partial charge is 0.291 e. The third-order valence-electron chi connectivity index (χ3n) is 3.26. The number of aryl methyl sites for hydroxylation is 1. The summed E-state index contributed by atoms with van der Waals surface area (Å²) >= 11 is 0. The Morgan fingerprint density at radius 2 is 1.95 bits per heavy atom. The van der Waals surface area contributed by atoms with Gasteiger partial charge in [-0.05, 0) is 25.0 Å². The van der Waals surface area contributed by atoms with Crippen molar-refractivity contribution >= 4 is 5.91 Å². The summed E-state index contributed by atoms with van der Waals surface area (Å²) in [5.74, 6) is 0.870. The van der Waals surface area contributed by atoms with Crippen LogP contribution < -0.4 is 5.32 Å². The maximum Gasteiger partial charge on any atom is 0.291 e. The van der Waals surface area contributed by atoms with Gasteiger partial charge in [0.25, 0.3) is 5.91 Å². The number of carbonyl (C=O) groups excluding carboxylic acids is 1. The van der Waals surface area contributed by atoms with Gasteiger partial charge in [-0.1, -0.05) is 38.1 Å². The van der Waals surface area contributed by atoms with Gasteiger partial charge in [-0.2, -0.15) is 0 Å². The van der Waals surface area contributed by atoms with Crippen molar-refractivity contribution in [2.45, 2.75) is 39.7 Å². The number of hydrogen-bond acceptors (Lipinski definition) is 3. The average molecular weight is 272 g/mol. The molecule has 0 aliphatic heterocycles. The third kappa shape index (κ3) is 3.04. The van der Waals surface area contributed by atoms with E-state index in [0.717, 1.165) is 17.0 Å². The molecule has 2 N–H and O–H groups in total. The van der Waals surface area contributed by atoms with E-state index in [4.69, 9.17) is 0 Å². The molecule has 0 aliphatic rings. The van der Waals surface area contributed by atoms with Gasteiger partial charge < -0.3 is 5.32 Å². The van der Waals surface area contributed by atoms with Gasteiger partial charge in [0, 0.05) is 5.92 Å². The Morgan fingerprint density at radius 3 is 2.55 bits per heavy atom. The van der Waals surface area contributed by atoms with E-state index in [1.165, 1.54) is 0 Å². The Morgan fingerprint density at radius 1 is 1.25 bits per heavy atom. The van der Waals surface area contributed by atoms with E-state index in [2.05, 4.69) is 20.5 Å². The molecule has 0 aliphatic carbocycles. The highest BCUT2D eigenvalue weighted by Crippen LogP contribution is 2.17. The van der Waals surface area contributed by atoms with Crippen LogP contribution in [-0.4, -0.2) is 21.1 Å². The van der Waals surface area contributed by atoms with Crippen LogP contribution in [0.1, 0.15) is 60.3 Å². The van der Waals surface area contributed by atoms with Gasteiger partial charge in [-0.25, -0.2) is 4.98 Å². The number of carbonyl (C=O) groups is 1. The molecular formula is C15H20N4O. The first kappa shape index (κ1) is 14.2. The lowest BCUT2D eigenvalue weighted by molar-refractivity contribution is 0.0929. The molecule has 2 aromatic rings. The first-order chi connectivity index (χ1) is 9.49. The summed E-state index contributed by atoms with van der Waals surface area (Å²) in [7, 11) is 0. The van der Waals surface area contributed by atoms with Gasteiger partial charge in [0.15, 0.2) is 0 Å². The Kier molecular flexibility index (Phi) is 4.17. The number of nitrogens with one attached hydrogen (secondary N) is 2. The van der Waals surface area contributed by atoms with E-state index in [1.54, 1.807) is 0 Å². The summed E-state index contributed by atoms with van der Waals surface area (Å²) in [5, 5.41) is 9.67. The van der Waals surface area contributed by atoms with Gasteiger partial charge in [0.1, 0.15) is 5.82 Å². The number of hydrogen-bond donors (Lipinski definition) is 2. The molecule has 0 radical (unpaired) electrons. The molecule has 0 fully saturated rings. The van der Waals surface area contributed by atoms with Gasteiger partial charge in [-0.3, -0.25) is 9.89 Å². The molecule has 1 aromatic carbocycles. The molecule has 0 spiro atoms. The average Bonchev–Trinajstić information content (AvgIpc) is 2.88. The van der Waals surface area contributed by atoms with Crippen molar-refractivity contribution in [1.82, 2.24) is 20.5 Å². The summed E-state index contributed by atoms with van der Waals surface area (Å²) in [4.78, 5) is 16.3. The standard InChI is InChI=1S/C15H20N4O/c1-9(2)13-17-14(19-18-13)15(20)16-11(4)12-8-6-5-7-10(12)3/h5-9,11H,1-4H3,(H,16,20)(H,17,18,19).